The molecule has 0 spiro atoms. The quantitative estimate of drug-likeness (QED) is 0.686. The van der Waals surface area contributed by atoms with Gasteiger partial charge in [0.2, 0.25) is 5.91 Å². The molecule has 90 valence electrons. The minimum absolute atomic E-state index is 0.0324. The molecule has 0 aliphatic carbocycles. The second-order valence-corrected chi connectivity index (χ2v) is 4.42. The van der Waals surface area contributed by atoms with E-state index in [4.69, 9.17) is 4.74 Å². The standard InChI is InChI=1S/C11H24N2O2/c1-9(2)15-8-11(14)12-10(3)6-7-13(4)5/h9-10H,6-8H2,1-5H3,(H,12,14). The lowest BCUT2D eigenvalue weighted by atomic mass is 10.2. The van der Waals surface area contributed by atoms with Crippen LogP contribution in [-0.4, -0.2) is 50.2 Å². The maximum Gasteiger partial charge on any atom is 0.246 e. The lowest BCUT2D eigenvalue weighted by molar-refractivity contribution is -0.127. The van der Waals surface area contributed by atoms with Gasteiger partial charge in [0.05, 0.1) is 6.10 Å². The van der Waals surface area contributed by atoms with Gasteiger partial charge in [0.25, 0.3) is 0 Å². The van der Waals surface area contributed by atoms with Gasteiger partial charge in [0, 0.05) is 6.04 Å². The van der Waals surface area contributed by atoms with Gasteiger partial charge < -0.3 is 15.0 Å². The highest BCUT2D eigenvalue weighted by atomic mass is 16.5. The van der Waals surface area contributed by atoms with Gasteiger partial charge in [-0.05, 0) is 47.8 Å². The number of rotatable bonds is 7. The van der Waals surface area contributed by atoms with E-state index in [-0.39, 0.29) is 24.7 Å². The van der Waals surface area contributed by atoms with Crippen LogP contribution in [-0.2, 0) is 9.53 Å². The number of carbonyl (C=O) groups excluding carboxylic acids is 1. The Labute approximate surface area is 93.0 Å². The van der Waals surface area contributed by atoms with Crippen LogP contribution in [0.2, 0.25) is 0 Å². The molecule has 0 heterocycles. The average molecular weight is 216 g/mol. The van der Waals surface area contributed by atoms with Crippen molar-refractivity contribution in [2.45, 2.75) is 39.3 Å². The molecule has 0 aromatic rings. The first-order valence-electron chi connectivity index (χ1n) is 5.47. The monoisotopic (exact) mass is 216 g/mol. The summed E-state index contributed by atoms with van der Waals surface area (Å²) in [4.78, 5) is 13.5. The maximum absolute atomic E-state index is 11.4. The molecule has 1 unspecified atom stereocenters. The summed E-state index contributed by atoms with van der Waals surface area (Å²) in [5.74, 6) is -0.0324. The highest BCUT2D eigenvalue weighted by molar-refractivity contribution is 5.77. The normalized spacial score (nSPS) is 13.3. The molecule has 0 aromatic carbocycles. The summed E-state index contributed by atoms with van der Waals surface area (Å²) < 4.78 is 5.21. The molecule has 0 saturated carbocycles. The van der Waals surface area contributed by atoms with Crippen LogP contribution in [0.15, 0.2) is 0 Å². The smallest absolute Gasteiger partial charge is 0.246 e. The molecule has 15 heavy (non-hydrogen) atoms. The fraction of sp³-hybridized carbons (Fsp3) is 0.909. The SMILES string of the molecule is CC(CCN(C)C)NC(=O)COC(C)C. The lowest BCUT2D eigenvalue weighted by Gasteiger charge is -2.17. The van der Waals surface area contributed by atoms with Crippen LogP contribution in [0.3, 0.4) is 0 Å². The van der Waals surface area contributed by atoms with Crippen LogP contribution in [0.25, 0.3) is 0 Å². The Kier molecular flexibility index (Phi) is 7.34. The molecule has 4 nitrogen and oxygen atoms in total. The van der Waals surface area contributed by atoms with Gasteiger partial charge in [-0.1, -0.05) is 0 Å². The minimum atomic E-state index is -0.0324. The number of amides is 1. The van der Waals surface area contributed by atoms with Crippen LogP contribution >= 0.6 is 0 Å². The van der Waals surface area contributed by atoms with Crippen molar-refractivity contribution in [3.63, 3.8) is 0 Å². The van der Waals surface area contributed by atoms with E-state index >= 15 is 0 Å². The Balaban J connectivity index is 3.57. The zero-order valence-corrected chi connectivity index (χ0v) is 10.5. The summed E-state index contributed by atoms with van der Waals surface area (Å²) in [6.07, 6.45) is 1.06. The van der Waals surface area contributed by atoms with Crippen LogP contribution in [0, 0.1) is 0 Å². The van der Waals surface area contributed by atoms with Crippen molar-refractivity contribution in [3.05, 3.63) is 0 Å². The van der Waals surface area contributed by atoms with Crippen molar-refractivity contribution >= 4 is 5.91 Å². The Morgan fingerprint density at radius 1 is 1.33 bits per heavy atom. The largest absolute Gasteiger partial charge is 0.369 e. The number of nitrogens with one attached hydrogen (secondary N) is 1. The van der Waals surface area contributed by atoms with Gasteiger partial charge in [-0.3, -0.25) is 4.79 Å². The van der Waals surface area contributed by atoms with Crippen molar-refractivity contribution in [1.29, 1.82) is 0 Å². The van der Waals surface area contributed by atoms with Crippen molar-refractivity contribution < 1.29 is 9.53 Å². The fourth-order valence-corrected chi connectivity index (χ4v) is 1.08. The van der Waals surface area contributed by atoms with Crippen LogP contribution in [0.5, 0.6) is 0 Å². The van der Waals surface area contributed by atoms with E-state index in [0.29, 0.717) is 0 Å². The molecule has 0 rings (SSSR count). The van der Waals surface area contributed by atoms with Gasteiger partial charge in [0.15, 0.2) is 0 Å². The topological polar surface area (TPSA) is 41.6 Å². The molecule has 0 fully saturated rings. The second-order valence-electron chi connectivity index (χ2n) is 4.42. The van der Waals surface area contributed by atoms with E-state index in [9.17, 15) is 4.79 Å². The lowest BCUT2D eigenvalue weighted by Crippen LogP contribution is -2.37. The third-order valence-corrected chi connectivity index (χ3v) is 1.96. The highest BCUT2D eigenvalue weighted by Gasteiger charge is 2.08. The van der Waals surface area contributed by atoms with Gasteiger partial charge >= 0.3 is 0 Å². The molecule has 0 saturated heterocycles. The van der Waals surface area contributed by atoms with Crippen molar-refractivity contribution in [2.24, 2.45) is 0 Å². The summed E-state index contributed by atoms with van der Waals surface area (Å²) in [6, 6.07) is 0.204. The predicted molar refractivity (Wildman–Crippen MR) is 61.9 cm³/mol. The number of carbonyl (C=O) groups is 1. The molecule has 4 heteroatoms. The van der Waals surface area contributed by atoms with E-state index in [1.165, 1.54) is 0 Å². The molecule has 0 aliphatic rings. The maximum atomic E-state index is 11.4. The average Bonchev–Trinajstić information content (AvgIpc) is 2.11. The van der Waals surface area contributed by atoms with E-state index in [1.807, 2.05) is 34.9 Å². The van der Waals surface area contributed by atoms with Crippen LogP contribution in [0.1, 0.15) is 27.2 Å². The summed E-state index contributed by atoms with van der Waals surface area (Å²) in [7, 11) is 4.05. The summed E-state index contributed by atoms with van der Waals surface area (Å²) in [5, 5.41) is 2.90. The van der Waals surface area contributed by atoms with Crippen LogP contribution < -0.4 is 5.32 Å². The Morgan fingerprint density at radius 2 is 1.93 bits per heavy atom. The highest BCUT2D eigenvalue weighted by Crippen LogP contribution is 1.93. The molecule has 1 atom stereocenters. The Bertz CT molecular complexity index is 181. The Hall–Kier alpha value is -0.610. The first kappa shape index (κ1) is 14.4. The van der Waals surface area contributed by atoms with Crippen molar-refractivity contribution in [2.75, 3.05) is 27.2 Å². The van der Waals surface area contributed by atoms with E-state index in [0.717, 1.165) is 13.0 Å². The molecule has 1 N–H and O–H groups in total. The predicted octanol–water partition coefficient (Wildman–Crippen LogP) is 0.868. The number of ether oxygens (including phenoxy) is 1. The zero-order chi connectivity index (χ0) is 11.8. The van der Waals surface area contributed by atoms with Gasteiger partial charge in [-0.25, -0.2) is 0 Å². The molecule has 0 aromatic heterocycles. The molecule has 0 bridgehead atoms. The van der Waals surface area contributed by atoms with Crippen molar-refractivity contribution in [1.82, 2.24) is 10.2 Å². The van der Waals surface area contributed by atoms with Gasteiger partial charge in [0.1, 0.15) is 6.61 Å². The minimum Gasteiger partial charge on any atom is -0.369 e. The number of nitrogens with zero attached hydrogens (tertiary/aromatic N) is 1. The zero-order valence-electron chi connectivity index (χ0n) is 10.5. The number of hydrogen-bond donors (Lipinski definition) is 1. The molecule has 1 amide bonds. The van der Waals surface area contributed by atoms with E-state index in [2.05, 4.69) is 10.2 Å². The first-order valence-corrected chi connectivity index (χ1v) is 5.47. The van der Waals surface area contributed by atoms with Crippen LogP contribution in [0.4, 0.5) is 0 Å². The van der Waals surface area contributed by atoms with E-state index in [1.54, 1.807) is 0 Å². The Morgan fingerprint density at radius 3 is 2.40 bits per heavy atom. The number of hydrogen-bond acceptors (Lipinski definition) is 3. The van der Waals surface area contributed by atoms with E-state index < -0.39 is 0 Å². The fourth-order valence-electron chi connectivity index (χ4n) is 1.08. The molecule has 0 radical (unpaired) electrons. The summed E-state index contributed by atoms with van der Waals surface area (Å²) in [5.41, 5.74) is 0. The third kappa shape index (κ3) is 9.69. The second kappa shape index (κ2) is 7.65. The first-order chi connectivity index (χ1) is 6.91. The van der Waals surface area contributed by atoms with Gasteiger partial charge in [-0.15, -0.1) is 0 Å². The third-order valence-electron chi connectivity index (χ3n) is 1.96. The molecular weight excluding hydrogens is 192 g/mol. The van der Waals surface area contributed by atoms with Crippen molar-refractivity contribution in [3.8, 4) is 0 Å². The summed E-state index contributed by atoms with van der Waals surface area (Å²) >= 11 is 0. The molecule has 0 aliphatic heterocycles. The van der Waals surface area contributed by atoms with Gasteiger partial charge in [-0.2, -0.15) is 0 Å². The molecular formula is C11H24N2O2. The summed E-state index contributed by atoms with van der Waals surface area (Å²) in [6.45, 7) is 6.98.